The van der Waals surface area contributed by atoms with Gasteiger partial charge in [0.05, 0.1) is 33.3 Å². The maximum atomic E-state index is 13.9. The number of carbonyl (C=O) groups excluding carboxylic acids is 1. The number of hydrogen-bond acceptors (Lipinski definition) is 5. The molecule has 0 aliphatic heterocycles. The summed E-state index contributed by atoms with van der Waals surface area (Å²) in [5.41, 5.74) is 0.121. The number of esters is 1. The molecule has 0 heterocycles. The Bertz CT molecular complexity index is 1250. The third-order valence-electron chi connectivity index (χ3n) is 4.65. The third-order valence-corrected chi connectivity index (χ3v) is 7.10. The molecule has 0 bridgehead atoms. The van der Waals surface area contributed by atoms with Crippen molar-refractivity contribution in [1.29, 1.82) is 0 Å². The molecule has 0 aromatic heterocycles. The predicted octanol–water partition coefficient (Wildman–Crippen LogP) is 5.32. The van der Waals surface area contributed by atoms with Crippen LogP contribution in [0, 0.1) is 5.82 Å². The zero-order chi connectivity index (χ0) is 23.5. The number of benzene rings is 3. The molecule has 10 heteroatoms. The minimum Gasteiger partial charge on any atom is -0.495 e. The maximum Gasteiger partial charge on any atom is 0.340 e. The minimum absolute atomic E-state index is 0.00155. The Morgan fingerprint density at radius 1 is 1.03 bits per heavy atom. The molecule has 0 saturated heterocycles. The number of carbonyl (C=O) groups is 1. The van der Waals surface area contributed by atoms with Gasteiger partial charge in [0, 0.05) is 12.6 Å². The number of rotatable bonds is 7. The summed E-state index contributed by atoms with van der Waals surface area (Å²) in [5, 5.41) is 0.0761. The Morgan fingerprint density at radius 3 is 2.44 bits per heavy atom. The van der Waals surface area contributed by atoms with Gasteiger partial charge in [0.2, 0.25) is 0 Å². The minimum atomic E-state index is -4.07. The van der Waals surface area contributed by atoms with Crippen molar-refractivity contribution in [2.75, 3.05) is 18.5 Å². The van der Waals surface area contributed by atoms with Gasteiger partial charge in [-0.05, 0) is 42.5 Å². The molecular weight excluding hydrogens is 480 g/mol. The van der Waals surface area contributed by atoms with E-state index in [1.165, 1.54) is 44.5 Å². The van der Waals surface area contributed by atoms with Gasteiger partial charge in [-0.1, -0.05) is 41.4 Å². The van der Waals surface area contributed by atoms with E-state index in [2.05, 4.69) is 0 Å². The fraction of sp³-hybridized carbons (Fsp3) is 0.136. The van der Waals surface area contributed by atoms with E-state index in [0.717, 1.165) is 10.4 Å². The monoisotopic (exact) mass is 497 g/mol. The lowest BCUT2D eigenvalue weighted by Crippen LogP contribution is -2.27. The lowest BCUT2D eigenvalue weighted by Gasteiger charge is -2.22. The van der Waals surface area contributed by atoms with Gasteiger partial charge in [0.1, 0.15) is 18.2 Å². The molecule has 0 aliphatic rings. The first-order chi connectivity index (χ1) is 15.2. The maximum absolute atomic E-state index is 13.9. The molecule has 0 N–H and O–H groups in total. The van der Waals surface area contributed by atoms with Crippen LogP contribution in [0.2, 0.25) is 10.0 Å². The van der Waals surface area contributed by atoms with Crippen LogP contribution in [0.1, 0.15) is 15.9 Å². The second-order valence-electron chi connectivity index (χ2n) is 6.56. The smallest absolute Gasteiger partial charge is 0.340 e. The highest BCUT2D eigenvalue weighted by Crippen LogP contribution is 2.32. The SMILES string of the molecule is COc1ccccc1N(C)S(=O)(=O)c1ccc(Cl)c(C(=O)OCc2c(F)cccc2Cl)c1. The summed E-state index contributed by atoms with van der Waals surface area (Å²) < 4.78 is 51.6. The van der Waals surface area contributed by atoms with Gasteiger partial charge in [-0.2, -0.15) is 0 Å². The molecular formula is C22H18Cl2FNO5S. The summed E-state index contributed by atoms with van der Waals surface area (Å²) >= 11 is 12.0. The highest BCUT2D eigenvalue weighted by Gasteiger charge is 2.26. The molecule has 0 spiro atoms. The van der Waals surface area contributed by atoms with Crippen LogP contribution in [0.25, 0.3) is 0 Å². The van der Waals surface area contributed by atoms with Crippen LogP contribution in [0.5, 0.6) is 5.75 Å². The molecule has 0 fully saturated rings. The first-order valence-electron chi connectivity index (χ1n) is 9.18. The molecule has 3 aromatic carbocycles. The van der Waals surface area contributed by atoms with Gasteiger partial charge in [0.25, 0.3) is 10.0 Å². The highest BCUT2D eigenvalue weighted by atomic mass is 35.5. The number of nitrogens with zero attached hydrogens (tertiary/aromatic N) is 1. The highest BCUT2D eigenvalue weighted by molar-refractivity contribution is 7.92. The Kier molecular flexibility index (Phi) is 7.28. The molecule has 3 aromatic rings. The summed E-state index contributed by atoms with van der Waals surface area (Å²) in [6.07, 6.45) is 0. The van der Waals surface area contributed by atoms with Crippen molar-refractivity contribution in [3.63, 3.8) is 0 Å². The van der Waals surface area contributed by atoms with Crippen LogP contribution >= 0.6 is 23.2 Å². The summed E-state index contributed by atoms with van der Waals surface area (Å²) in [6, 6.07) is 14.3. The van der Waals surface area contributed by atoms with Crippen molar-refractivity contribution in [3.05, 3.63) is 87.7 Å². The largest absolute Gasteiger partial charge is 0.495 e. The van der Waals surface area contributed by atoms with Crippen molar-refractivity contribution >= 4 is 44.9 Å². The quantitative estimate of drug-likeness (QED) is 0.412. The lowest BCUT2D eigenvalue weighted by atomic mass is 10.2. The average Bonchev–Trinajstić information content (AvgIpc) is 2.78. The number of sulfonamides is 1. The molecule has 3 rings (SSSR count). The number of para-hydroxylation sites is 2. The lowest BCUT2D eigenvalue weighted by molar-refractivity contribution is 0.0469. The van der Waals surface area contributed by atoms with Crippen LogP contribution in [0.4, 0.5) is 10.1 Å². The summed E-state index contributed by atoms with van der Waals surface area (Å²) in [7, 11) is -1.28. The Morgan fingerprint density at radius 2 is 1.75 bits per heavy atom. The zero-order valence-corrected chi connectivity index (χ0v) is 19.3. The van der Waals surface area contributed by atoms with Gasteiger partial charge in [-0.3, -0.25) is 4.31 Å². The fourth-order valence-electron chi connectivity index (χ4n) is 2.88. The van der Waals surface area contributed by atoms with Gasteiger partial charge in [-0.25, -0.2) is 17.6 Å². The van der Waals surface area contributed by atoms with Crippen molar-refractivity contribution < 1.29 is 27.1 Å². The molecule has 0 amide bonds. The zero-order valence-electron chi connectivity index (χ0n) is 17.0. The van der Waals surface area contributed by atoms with Crippen LogP contribution in [0.15, 0.2) is 65.6 Å². The van der Waals surface area contributed by atoms with Crippen LogP contribution in [-0.4, -0.2) is 28.5 Å². The topological polar surface area (TPSA) is 72.9 Å². The summed E-state index contributed by atoms with van der Waals surface area (Å²) in [4.78, 5) is 12.4. The van der Waals surface area contributed by atoms with E-state index < -0.39 is 28.4 Å². The van der Waals surface area contributed by atoms with Crippen molar-refractivity contribution in [3.8, 4) is 5.75 Å². The van der Waals surface area contributed by atoms with E-state index in [-0.39, 0.29) is 26.1 Å². The standard InChI is InChI=1S/C22H18Cl2FNO5S/c1-26(20-8-3-4-9-21(20)30-2)32(28,29)14-10-11-18(24)15(12-14)22(27)31-13-16-17(23)6-5-7-19(16)25/h3-12H,13H2,1-2H3. The second kappa shape index (κ2) is 9.77. The third kappa shape index (κ3) is 4.82. The van der Waals surface area contributed by atoms with E-state index in [1.54, 1.807) is 24.3 Å². The van der Waals surface area contributed by atoms with Crippen molar-refractivity contribution in [1.82, 2.24) is 0 Å². The van der Waals surface area contributed by atoms with Gasteiger partial charge < -0.3 is 9.47 Å². The molecule has 0 saturated carbocycles. The van der Waals surface area contributed by atoms with Gasteiger partial charge in [0.15, 0.2) is 0 Å². The Labute approximate surface area is 195 Å². The van der Waals surface area contributed by atoms with Gasteiger partial charge >= 0.3 is 5.97 Å². The van der Waals surface area contributed by atoms with Crippen LogP contribution in [0.3, 0.4) is 0 Å². The van der Waals surface area contributed by atoms with E-state index in [0.29, 0.717) is 11.4 Å². The summed E-state index contributed by atoms with van der Waals surface area (Å²) in [6.45, 7) is -0.446. The number of methoxy groups -OCH3 is 1. The van der Waals surface area contributed by atoms with E-state index in [1.807, 2.05) is 0 Å². The molecule has 32 heavy (non-hydrogen) atoms. The average molecular weight is 498 g/mol. The van der Waals surface area contributed by atoms with E-state index >= 15 is 0 Å². The molecule has 0 unspecified atom stereocenters. The molecule has 0 radical (unpaired) electrons. The first-order valence-corrected chi connectivity index (χ1v) is 11.4. The van der Waals surface area contributed by atoms with Crippen LogP contribution < -0.4 is 9.04 Å². The Balaban J connectivity index is 1.90. The molecule has 0 atom stereocenters. The summed E-state index contributed by atoms with van der Waals surface area (Å²) in [5.74, 6) is -1.20. The first kappa shape index (κ1) is 23.8. The fourth-order valence-corrected chi connectivity index (χ4v) is 4.53. The van der Waals surface area contributed by atoms with E-state index in [9.17, 15) is 17.6 Å². The molecule has 168 valence electrons. The van der Waals surface area contributed by atoms with E-state index in [4.69, 9.17) is 32.7 Å². The van der Waals surface area contributed by atoms with Crippen molar-refractivity contribution in [2.45, 2.75) is 11.5 Å². The second-order valence-corrected chi connectivity index (χ2v) is 9.35. The molecule has 6 nitrogen and oxygen atoms in total. The number of halogens is 3. The molecule has 0 aliphatic carbocycles. The number of ether oxygens (including phenoxy) is 2. The Hall–Kier alpha value is -2.81. The normalized spacial score (nSPS) is 11.2. The number of anilines is 1. The number of hydrogen-bond donors (Lipinski definition) is 0. The van der Waals surface area contributed by atoms with Crippen molar-refractivity contribution in [2.24, 2.45) is 0 Å². The van der Waals surface area contributed by atoms with Crippen LogP contribution in [-0.2, 0) is 21.4 Å². The predicted molar refractivity (Wildman–Crippen MR) is 121 cm³/mol. The van der Waals surface area contributed by atoms with Gasteiger partial charge in [-0.15, -0.1) is 0 Å².